The molecule has 0 radical (unpaired) electrons. The van der Waals surface area contributed by atoms with Crippen LogP contribution in [-0.4, -0.2) is 47.0 Å². The Morgan fingerprint density at radius 3 is 2.75 bits per heavy atom. The van der Waals surface area contributed by atoms with E-state index in [1.54, 1.807) is 6.92 Å². The normalized spacial score (nSPS) is 19.9. The second-order valence-corrected chi connectivity index (χ2v) is 6.34. The molecule has 0 unspecified atom stereocenters. The maximum absolute atomic E-state index is 11.5. The number of rotatable bonds is 2. The highest BCUT2D eigenvalue weighted by Crippen LogP contribution is 2.39. The van der Waals surface area contributed by atoms with Crippen molar-refractivity contribution in [3.63, 3.8) is 0 Å². The van der Waals surface area contributed by atoms with Crippen molar-refractivity contribution >= 4 is 27.7 Å². The number of aromatic nitrogens is 2. The van der Waals surface area contributed by atoms with Crippen molar-refractivity contribution in [2.45, 2.75) is 32.1 Å². The van der Waals surface area contributed by atoms with E-state index in [-0.39, 0.29) is 5.91 Å². The summed E-state index contributed by atoms with van der Waals surface area (Å²) < 4.78 is 0.858. The molecule has 2 heterocycles. The van der Waals surface area contributed by atoms with Crippen molar-refractivity contribution in [1.82, 2.24) is 14.9 Å². The van der Waals surface area contributed by atoms with Crippen molar-refractivity contribution in [3.05, 3.63) is 16.5 Å². The summed E-state index contributed by atoms with van der Waals surface area (Å²) in [4.78, 5) is 24.8. The fraction of sp³-hybridized carbons (Fsp3) is 0.643. The van der Waals surface area contributed by atoms with Crippen molar-refractivity contribution in [2.75, 3.05) is 31.1 Å². The van der Waals surface area contributed by atoms with Crippen LogP contribution in [0.5, 0.6) is 0 Å². The van der Waals surface area contributed by atoms with E-state index in [9.17, 15) is 4.79 Å². The van der Waals surface area contributed by atoms with Gasteiger partial charge in [-0.05, 0) is 35.2 Å². The van der Waals surface area contributed by atoms with Gasteiger partial charge < -0.3 is 9.80 Å². The second kappa shape index (κ2) is 5.68. The van der Waals surface area contributed by atoms with E-state index in [4.69, 9.17) is 4.98 Å². The summed E-state index contributed by atoms with van der Waals surface area (Å²) >= 11 is 3.49. The summed E-state index contributed by atoms with van der Waals surface area (Å²) in [5.74, 6) is 2.66. The Morgan fingerprint density at radius 1 is 1.25 bits per heavy atom. The lowest BCUT2D eigenvalue weighted by atomic mass is 10.3. The molecule has 0 N–H and O–H groups in total. The van der Waals surface area contributed by atoms with Crippen LogP contribution < -0.4 is 4.90 Å². The van der Waals surface area contributed by atoms with Crippen LogP contribution in [0.3, 0.4) is 0 Å². The minimum atomic E-state index is 0.161. The summed E-state index contributed by atoms with van der Waals surface area (Å²) in [6, 6.07) is 1.98. The lowest BCUT2D eigenvalue weighted by Gasteiger charge is -2.22. The summed E-state index contributed by atoms with van der Waals surface area (Å²) in [6.45, 7) is 5.04. The molecule has 2 fully saturated rings. The van der Waals surface area contributed by atoms with Gasteiger partial charge in [0.2, 0.25) is 5.91 Å². The zero-order chi connectivity index (χ0) is 14.1. The van der Waals surface area contributed by atoms with Gasteiger partial charge in [0.1, 0.15) is 16.2 Å². The molecule has 0 spiro atoms. The van der Waals surface area contributed by atoms with E-state index in [0.29, 0.717) is 5.92 Å². The van der Waals surface area contributed by atoms with Crippen molar-refractivity contribution in [2.24, 2.45) is 0 Å². The Kier molecular flexibility index (Phi) is 3.92. The van der Waals surface area contributed by atoms with Crippen molar-refractivity contribution in [3.8, 4) is 0 Å². The predicted octanol–water partition coefficient (Wildman–Crippen LogP) is 2.18. The lowest BCUT2D eigenvalue weighted by Crippen LogP contribution is -2.34. The van der Waals surface area contributed by atoms with Gasteiger partial charge in [-0.15, -0.1) is 0 Å². The van der Waals surface area contributed by atoms with Crippen LogP contribution in [0.4, 0.5) is 5.82 Å². The molecule has 2 aliphatic rings. The highest BCUT2D eigenvalue weighted by molar-refractivity contribution is 9.10. The highest BCUT2D eigenvalue weighted by atomic mass is 79.9. The summed E-state index contributed by atoms with van der Waals surface area (Å²) in [7, 11) is 0. The van der Waals surface area contributed by atoms with Gasteiger partial charge in [0.05, 0.1) is 0 Å². The molecule has 0 bridgehead atoms. The SMILES string of the molecule is CC(=O)N1CCCN(c2cc(Br)nc(C3CC3)n2)CC1. The van der Waals surface area contributed by atoms with Crippen LogP contribution >= 0.6 is 15.9 Å². The maximum atomic E-state index is 11.5. The van der Waals surface area contributed by atoms with Crippen LogP contribution in [0.15, 0.2) is 10.7 Å². The van der Waals surface area contributed by atoms with E-state index in [1.165, 1.54) is 12.8 Å². The number of anilines is 1. The molecule has 1 saturated carbocycles. The number of halogens is 1. The zero-order valence-electron chi connectivity index (χ0n) is 11.7. The third-order valence-electron chi connectivity index (χ3n) is 3.91. The lowest BCUT2D eigenvalue weighted by molar-refractivity contribution is -0.128. The summed E-state index contributed by atoms with van der Waals surface area (Å²) in [5.41, 5.74) is 0. The van der Waals surface area contributed by atoms with Gasteiger partial charge in [-0.1, -0.05) is 0 Å². The summed E-state index contributed by atoms with van der Waals surface area (Å²) in [6.07, 6.45) is 3.39. The third-order valence-corrected chi connectivity index (χ3v) is 4.31. The molecular weight excluding hydrogens is 320 g/mol. The van der Waals surface area contributed by atoms with E-state index >= 15 is 0 Å². The molecule has 20 heavy (non-hydrogen) atoms. The van der Waals surface area contributed by atoms with Crippen LogP contribution in [-0.2, 0) is 4.79 Å². The molecule has 1 aliphatic heterocycles. The molecular formula is C14H19BrN4O. The smallest absolute Gasteiger partial charge is 0.219 e. The molecule has 5 nitrogen and oxygen atoms in total. The zero-order valence-corrected chi connectivity index (χ0v) is 13.3. The number of amides is 1. The minimum Gasteiger partial charge on any atom is -0.355 e. The van der Waals surface area contributed by atoms with E-state index in [2.05, 4.69) is 25.8 Å². The quantitative estimate of drug-likeness (QED) is 0.775. The Labute approximate surface area is 127 Å². The Balaban J connectivity index is 1.76. The topological polar surface area (TPSA) is 49.3 Å². The number of hydrogen-bond donors (Lipinski definition) is 0. The highest BCUT2D eigenvalue weighted by Gasteiger charge is 2.28. The van der Waals surface area contributed by atoms with Gasteiger partial charge >= 0.3 is 0 Å². The molecule has 1 aromatic heterocycles. The monoisotopic (exact) mass is 338 g/mol. The third kappa shape index (κ3) is 3.11. The number of nitrogens with zero attached hydrogens (tertiary/aromatic N) is 4. The molecule has 3 rings (SSSR count). The van der Waals surface area contributed by atoms with E-state index in [1.807, 2.05) is 11.0 Å². The standard InChI is InChI=1S/C14H19BrN4O/c1-10(20)18-5-2-6-19(8-7-18)13-9-12(15)16-14(17-13)11-3-4-11/h9,11H,2-8H2,1H3. The van der Waals surface area contributed by atoms with Crippen molar-refractivity contribution < 1.29 is 4.79 Å². The van der Waals surface area contributed by atoms with Gasteiger partial charge in [-0.25, -0.2) is 9.97 Å². The summed E-state index contributed by atoms with van der Waals surface area (Å²) in [5, 5.41) is 0. The molecule has 1 aliphatic carbocycles. The average Bonchev–Trinajstić information content (AvgIpc) is 3.24. The molecule has 6 heteroatoms. The number of carbonyl (C=O) groups is 1. The molecule has 0 atom stereocenters. The number of carbonyl (C=O) groups excluding carboxylic acids is 1. The Bertz CT molecular complexity index is 518. The first-order chi connectivity index (χ1) is 9.63. The van der Waals surface area contributed by atoms with Gasteiger partial charge in [0.15, 0.2) is 0 Å². The van der Waals surface area contributed by atoms with Crippen LogP contribution in [0.1, 0.15) is 37.9 Å². The molecule has 108 valence electrons. The molecule has 1 amide bonds. The van der Waals surface area contributed by atoms with Crippen molar-refractivity contribution in [1.29, 1.82) is 0 Å². The van der Waals surface area contributed by atoms with Crippen LogP contribution in [0.2, 0.25) is 0 Å². The van der Waals surface area contributed by atoms with Gasteiger partial charge in [0, 0.05) is 45.1 Å². The minimum absolute atomic E-state index is 0.161. The first-order valence-corrected chi connectivity index (χ1v) is 7.98. The van der Waals surface area contributed by atoms with Gasteiger partial charge in [-0.2, -0.15) is 0 Å². The predicted molar refractivity (Wildman–Crippen MR) is 80.8 cm³/mol. The molecule has 1 aromatic rings. The fourth-order valence-electron chi connectivity index (χ4n) is 2.57. The van der Waals surface area contributed by atoms with E-state index in [0.717, 1.165) is 48.8 Å². The fourth-order valence-corrected chi connectivity index (χ4v) is 2.96. The second-order valence-electron chi connectivity index (χ2n) is 5.53. The Morgan fingerprint density at radius 2 is 2.05 bits per heavy atom. The van der Waals surface area contributed by atoms with Crippen LogP contribution in [0, 0.1) is 0 Å². The Hall–Kier alpha value is -1.17. The van der Waals surface area contributed by atoms with Gasteiger partial charge in [-0.3, -0.25) is 4.79 Å². The molecule has 0 aromatic carbocycles. The first-order valence-electron chi connectivity index (χ1n) is 7.18. The largest absolute Gasteiger partial charge is 0.355 e. The number of hydrogen-bond acceptors (Lipinski definition) is 4. The van der Waals surface area contributed by atoms with E-state index < -0.39 is 0 Å². The van der Waals surface area contributed by atoms with Gasteiger partial charge in [0.25, 0.3) is 0 Å². The molecule has 1 saturated heterocycles. The average molecular weight is 339 g/mol. The maximum Gasteiger partial charge on any atom is 0.219 e. The van der Waals surface area contributed by atoms with Crippen LogP contribution in [0.25, 0.3) is 0 Å². The first kappa shape index (κ1) is 13.8.